The summed E-state index contributed by atoms with van der Waals surface area (Å²) >= 11 is 1.53. The minimum absolute atomic E-state index is 0.359. The fourth-order valence-corrected chi connectivity index (χ4v) is 2.74. The minimum atomic E-state index is -0.448. The van der Waals surface area contributed by atoms with Crippen molar-refractivity contribution in [2.24, 2.45) is 0 Å². The molecular formula is C13H16BNO3S. The van der Waals surface area contributed by atoms with Crippen molar-refractivity contribution in [1.29, 1.82) is 0 Å². The Hall–Kier alpha value is -1.11. The first kappa shape index (κ1) is 12.9. The highest BCUT2D eigenvalue weighted by Gasteiger charge is 2.53. The van der Waals surface area contributed by atoms with Gasteiger partial charge in [-0.3, -0.25) is 4.98 Å². The highest BCUT2D eigenvalue weighted by atomic mass is 32.1. The van der Waals surface area contributed by atoms with E-state index in [4.69, 9.17) is 13.7 Å². The van der Waals surface area contributed by atoms with Gasteiger partial charge in [-0.15, -0.1) is 11.3 Å². The zero-order valence-electron chi connectivity index (χ0n) is 11.5. The molecule has 0 atom stereocenters. The lowest BCUT2D eigenvalue weighted by atomic mass is 9.83. The first-order valence-electron chi connectivity index (χ1n) is 6.24. The molecule has 6 heteroatoms. The predicted octanol–water partition coefficient (Wildman–Crippen LogP) is 2.70. The number of furan rings is 1. The second-order valence-corrected chi connectivity index (χ2v) is 6.49. The molecule has 3 heterocycles. The van der Waals surface area contributed by atoms with Crippen molar-refractivity contribution in [1.82, 2.24) is 4.98 Å². The van der Waals surface area contributed by atoms with Crippen LogP contribution >= 0.6 is 11.3 Å². The Bertz CT molecular complexity index is 560. The van der Waals surface area contributed by atoms with Crippen LogP contribution in [0.1, 0.15) is 27.7 Å². The van der Waals surface area contributed by atoms with E-state index in [-0.39, 0.29) is 11.2 Å². The third-order valence-corrected chi connectivity index (χ3v) is 4.67. The van der Waals surface area contributed by atoms with Gasteiger partial charge in [-0.1, -0.05) is 0 Å². The molecule has 2 aromatic rings. The summed E-state index contributed by atoms with van der Waals surface area (Å²) in [6.45, 7) is 8.13. The van der Waals surface area contributed by atoms with Gasteiger partial charge in [0.2, 0.25) is 0 Å². The number of rotatable bonds is 2. The molecule has 0 aromatic carbocycles. The average Bonchev–Trinajstić information content (AvgIpc) is 3.00. The van der Waals surface area contributed by atoms with Crippen molar-refractivity contribution in [3.63, 3.8) is 0 Å². The summed E-state index contributed by atoms with van der Waals surface area (Å²) in [5, 5.41) is 0. The van der Waals surface area contributed by atoms with Crippen LogP contribution in [0.25, 0.3) is 10.6 Å². The molecule has 0 N–H and O–H groups in total. The van der Waals surface area contributed by atoms with Crippen LogP contribution < -0.4 is 5.59 Å². The van der Waals surface area contributed by atoms with Gasteiger partial charge in [0.15, 0.2) is 0 Å². The SMILES string of the molecule is CC1(C)OB(c2ncsc2-c2ccco2)OC1(C)C. The van der Waals surface area contributed by atoms with E-state index in [1.54, 1.807) is 11.8 Å². The molecule has 1 aliphatic rings. The largest absolute Gasteiger partial charge is 0.516 e. The molecule has 19 heavy (non-hydrogen) atoms. The Labute approximate surface area is 116 Å². The molecule has 0 unspecified atom stereocenters. The van der Waals surface area contributed by atoms with Crippen molar-refractivity contribution < 1.29 is 13.7 Å². The zero-order valence-corrected chi connectivity index (χ0v) is 12.3. The van der Waals surface area contributed by atoms with Gasteiger partial charge in [0.1, 0.15) is 5.76 Å². The maximum Gasteiger partial charge on any atom is 0.516 e. The van der Waals surface area contributed by atoms with Crippen LogP contribution in [-0.2, 0) is 9.31 Å². The molecular weight excluding hydrogens is 261 g/mol. The Balaban J connectivity index is 1.96. The third-order valence-electron chi connectivity index (χ3n) is 3.82. The van der Waals surface area contributed by atoms with E-state index in [2.05, 4.69) is 4.98 Å². The third kappa shape index (κ3) is 2.04. The summed E-state index contributed by atoms with van der Waals surface area (Å²) < 4.78 is 17.5. The number of thiazole rings is 1. The number of hydrogen-bond donors (Lipinski definition) is 0. The summed E-state index contributed by atoms with van der Waals surface area (Å²) in [6, 6.07) is 3.78. The summed E-state index contributed by atoms with van der Waals surface area (Å²) in [6.07, 6.45) is 1.66. The number of nitrogens with zero attached hydrogens (tertiary/aromatic N) is 1. The Morgan fingerprint density at radius 3 is 2.42 bits per heavy atom. The van der Waals surface area contributed by atoms with Crippen molar-refractivity contribution in [3.8, 4) is 10.6 Å². The fourth-order valence-electron chi connectivity index (χ4n) is 1.97. The van der Waals surface area contributed by atoms with E-state index in [1.165, 1.54) is 11.3 Å². The number of hydrogen-bond acceptors (Lipinski definition) is 5. The van der Waals surface area contributed by atoms with E-state index >= 15 is 0 Å². The molecule has 0 amide bonds. The average molecular weight is 277 g/mol. The van der Waals surface area contributed by atoms with Gasteiger partial charge >= 0.3 is 7.12 Å². The van der Waals surface area contributed by atoms with Gasteiger partial charge < -0.3 is 13.7 Å². The molecule has 0 bridgehead atoms. The van der Waals surface area contributed by atoms with Crippen molar-refractivity contribution in [3.05, 3.63) is 23.9 Å². The van der Waals surface area contributed by atoms with Gasteiger partial charge in [0.25, 0.3) is 0 Å². The van der Waals surface area contributed by atoms with Gasteiger partial charge in [0.05, 0.1) is 33.4 Å². The Morgan fingerprint density at radius 1 is 1.16 bits per heavy atom. The lowest BCUT2D eigenvalue weighted by Gasteiger charge is -2.32. The quantitative estimate of drug-likeness (QED) is 0.792. The van der Waals surface area contributed by atoms with Crippen LogP contribution in [0.5, 0.6) is 0 Å². The first-order chi connectivity index (χ1) is 8.91. The second kappa shape index (κ2) is 4.20. The van der Waals surface area contributed by atoms with Crippen LogP contribution in [0, 0.1) is 0 Å². The van der Waals surface area contributed by atoms with Gasteiger partial charge in [-0.05, 0) is 39.8 Å². The normalized spacial score (nSPS) is 20.9. The molecule has 4 nitrogen and oxygen atoms in total. The summed E-state index contributed by atoms with van der Waals surface area (Å²) in [4.78, 5) is 5.36. The highest BCUT2D eigenvalue weighted by molar-refractivity contribution is 7.14. The van der Waals surface area contributed by atoms with Crippen LogP contribution in [-0.4, -0.2) is 23.3 Å². The molecule has 1 aliphatic heterocycles. The molecule has 1 fully saturated rings. The van der Waals surface area contributed by atoms with Crippen LogP contribution in [0.4, 0.5) is 0 Å². The second-order valence-electron chi connectivity index (χ2n) is 5.63. The smallest absolute Gasteiger partial charge is 0.463 e. The van der Waals surface area contributed by atoms with Crippen molar-refractivity contribution >= 4 is 24.0 Å². The summed E-state index contributed by atoms with van der Waals surface area (Å²) in [5.74, 6) is 0.798. The van der Waals surface area contributed by atoms with E-state index in [1.807, 2.05) is 39.8 Å². The molecule has 0 aliphatic carbocycles. The summed E-state index contributed by atoms with van der Waals surface area (Å²) in [5.41, 5.74) is 1.86. The van der Waals surface area contributed by atoms with Gasteiger partial charge in [0, 0.05) is 0 Å². The van der Waals surface area contributed by atoms with Crippen molar-refractivity contribution in [2.45, 2.75) is 38.9 Å². The predicted molar refractivity (Wildman–Crippen MR) is 75.5 cm³/mol. The van der Waals surface area contributed by atoms with Crippen LogP contribution in [0.15, 0.2) is 28.3 Å². The standard InChI is InChI=1S/C13H16BNO3S/c1-12(2)13(3,4)18-14(17-12)11-10(19-8-15-11)9-6-5-7-16-9/h5-8H,1-4H3. The van der Waals surface area contributed by atoms with Crippen LogP contribution in [0.2, 0.25) is 0 Å². The Kier molecular flexibility index (Phi) is 2.85. The van der Waals surface area contributed by atoms with E-state index in [0.29, 0.717) is 0 Å². The first-order valence-corrected chi connectivity index (χ1v) is 7.11. The molecule has 3 rings (SSSR count). The van der Waals surface area contributed by atoms with E-state index < -0.39 is 7.12 Å². The lowest BCUT2D eigenvalue weighted by Crippen LogP contribution is -2.41. The molecule has 0 saturated carbocycles. The monoisotopic (exact) mass is 277 g/mol. The molecule has 0 spiro atoms. The molecule has 1 saturated heterocycles. The minimum Gasteiger partial charge on any atom is -0.463 e. The lowest BCUT2D eigenvalue weighted by molar-refractivity contribution is 0.00578. The van der Waals surface area contributed by atoms with Crippen LogP contribution in [0.3, 0.4) is 0 Å². The van der Waals surface area contributed by atoms with E-state index in [9.17, 15) is 0 Å². The van der Waals surface area contributed by atoms with Gasteiger partial charge in [-0.2, -0.15) is 0 Å². The maximum atomic E-state index is 6.03. The Morgan fingerprint density at radius 2 is 1.84 bits per heavy atom. The highest BCUT2D eigenvalue weighted by Crippen LogP contribution is 2.37. The summed E-state index contributed by atoms with van der Waals surface area (Å²) in [7, 11) is -0.448. The number of aromatic nitrogens is 1. The van der Waals surface area contributed by atoms with E-state index in [0.717, 1.165) is 16.2 Å². The maximum absolute atomic E-state index is 6.03. The molecule has 0 radical (unpaired) electrons. The van der Waals surface area contributed by atoms with Gasteiger partial charge in [-0.25, -0.2) is 0 Å². The molecule has 100 valence electrons. The topological polar surface area (TPSA) is 44.5 Å². The molecule has 2 aromatic heterocycles. The fraction of sp³-hybridized carbons (Fsp3) is 0.462. The zero-order chi connectivity index (χ0) is 13.7. The van der Waals surface area contributed by atoms with Crippen molar-refractivity contribution in [2.75, 3.05) is 0 Å².